The molecule has 1 aromatic rings. The molecule has 0 spiro atoms. The van der Waals surface area contributed by atoms with Crippen LogP contribution in [0.3, 0.4) is 0 Å². The van der Waals surface area contributed by atoms with Crippen molar-refractivity contribution in [2.75, 3.05) is 46.9 Å². The van der Waals surface area contributed by atoms with Crippen LogP contribution < -0.4 is 10.6 Å². The number of amides is 1. The third-order valence-corrected chi connectivity index (χ3v) is 4.00. The van der Waals surface area contributed by atoms with Crippen LogP contribution in [0.2, 0.25) is 0 Å². The first kappa shape index (κ1) is 21.7. The molecule has 2 rings (SSSR count). The fourth-order valence-corrected chi connectivity index (χ4v) is 2.42. The number of hydrogen-bond acceptors (Lipinski definition) is 3. The van der Waals surface area contributed by atoms with Crippen LogP contribution in [0, 0.1) is 5.92 Å². The number of ether oxygens (including phenoxy) is 1. The van der Waals surface area contributed by atoms with Gasteiger partial charge in [0.2, 0.25) is 5.91 Å². The van der Waals surface area contributed by atoms with Gasteiger partial charge >= 0.3 is 0 Å². The number of likely N-dealkylation sites (N-methyl/N-ethyl adjacent to an activating group) is 1. The standard InChI is InChI=1S/C18H28N4O2.HI/c1-22(2)17(23)13-21-18(20-12-16-9-11-24-14-16)19-10-8-15-6-4-3-5-7-15;/h3-7,16H,8-14H2,1-2H3,(H2,19,20,21);1H. The number of rotatable bonds is 7. The van der Waals surface area contributed by atoms with E-state index < -0.39 is 0 Å². The molecule has 1 atom stereocenters. The highest BCUT2D eigenvalue weighted by Crippen LogP contribution is 2.10. The molecule has 0 saturated carbocycles. The van der Waals surface area contributed by atoms with Crippen molar-refractivity contribution in [1.29, 1.82) is 0 Å². The number of carbonyl (C=O) groups is 1. The molecule has 1 aromatic carbocycles. The van der Waals surface area contributed by atoms with Crippen molar-refractivity contribution in [1.82, 2.24) is 15.5 Å². The maximum Gasteiger partial charge on any atom is 0.243 e. The molecule has 0 aromatic heterocycles. The maximum atomic E-state index is 11.7. The molecular formula is C18H29IN4O2. The number of benzene rings is 1. The summed E-state index contributed by atoms with van der Waals surface area (Å²) < 4.78 is 5.40. The molecule has 0 bridgehead atoms. The molecule has 0 aliphatic carbocycles. The second kappa shape index (κ2) is 12.1. The quantitative estimate of drug-likeness (QED) is 0.368. The van der Waals surface area contributed by atoms with E-state index >= 15 is 0 Å². The molecule has 1 amide bonds. The molecular weight excluding hydrogens is 431 g/mol. The number of carbonyl (C=O) groups excluding carboxylic acids is 1. The van der Waals surface area contributed by atoms with Crippen molar-refractivity contribution < 1.29 is 9.53 Å². The van der Waals surface area contributed by atoms with Gasteiger partial charge in [0.1, 0.15) is 6.54 Å². The van der Waals surface area contributed by atoms with Gasteiger partial charge < -0.3 is 20.3 Å². The number of aliphatic imine (C=N–C) groups is 1. The van der Waals surface area contributed by atoms with E-state index in [0.717, 1.165) is 39.1 Å². The molecule has 0 radical (unpaired) electrons. The minimum atomic E-state index is -0.0108. The first-order chi connectivity index (χ1) is 11.6. The van der Waals surface area contributed by atoms with Gasteiger partial charge in [0.25, 0.3) is 0 Å². The summed E-state index contributed by atoms with van der Waals surface area (Å²) >= 11 is 0. The third-order valence-electron chi connectivity index (χ3n) is 4.00. The number of guanidine groups is 1. The van der Waals surface area contributed by atoms with Gasteiger partial charge in [-0.2, -0.15) is 0 Å². The molecule has 1 unspecified atom stereocenters. The summed E-state index contributed by atoms with van der Waals surface area (Å²) in [4.78, 5) is 17.7. The van der Waals surface area contributed by atoms with E-state index in [9.17, 15) is 4.79 Å². The highest BCUT2D eigenvalue weighted by molar-refractivity contribution is 14.0. The highest BCUT2D eigenvalue weighted by atomic mass is 127. The summed E-state index contributed by atoms with van der Waals surface area (Å²) in [5, 5.41) is 6.64. The van der Waals surface area contributed by atoms with Gasteiger partial charge in [-0.3, -0.25) is 4.79 Å². The Morgan fingerprint density at radius 3 is 2.68 bits per heavy atom. The normalized spacial score (nSPS) is 16.9. The second-order valence-corrected chi connectivity index (χ2v) is 6.23. The Morgan fingerprint density at radius 2 is 2.04 bits per heavy atom. The zero-order chi connectivity index (χ0) is 17.2. The average molecular weight is 460 g/mol. The summed E-state index contributed by atoms with van der Waals surface area (Å²) in [5.41, 5.74) is 1.28. The van der Waals surface area contributed by atoms with Gasteiger partial charge in [-0.25, -0.2) is 4.99 Å². The molecule has 2 N–H and O–H groups in total. The minimum Gasteiger partial charge on any atom is -0.381 e. The predicted molar refractivity (Wildman–Crippen MR) is 111 cm³/mol. The summed E-state index contributed by atoms with van der Waals surface area (Å²) in [5.74, 6) is 1.19. The molecule has 25 heavy (non-hydrogen) atoms. The van der Waals surface area contributed by atoms with Gasteiger partial charge in [0, 0.05) is 39.7 Å². The minimum absolute atomic E-state index is 0. The highest BCUT2D eigenvalue weighted by Gasteiger charge is 2.15. The van der Waals surface area contributed by atoms with E-state index in [1.54, 1.807) is 19.0 Å². The molecule has 1 saturated heterocycles. The smallest absolute Gasteiger partial charge is 0.243 e. The Kier molecular flexibility index (Phi) is 10.5. The van der Waals surface area contributed by atoms with E-state index in [2.05, 4.69) is 27.8 Å². The molecule has 1 aliphatic rings. The lowest BCUT2D eigenvalue weighted by atomic mass is 10.1. The lowest BCUT2D eigenvalue weighted by Gasteiger charge is -2.16. The van der Waals surface area contributed by atoms with Crippen LogP contribution in [0.25, 0.3) is 0 Å². The van der Waals surface area contributed by atoms with E-state index in [0.29, 0.717) is 11.9 Å². The average Bonchev–Trinajstić information content (AvgIpc) is 3.10. The molecule has 1 fully saturated rings. The van der Waals surface area contributed by atoms with Crippen LogP contribution in [-0.2, 0) is 16.0 Å². The Morgan fingerprint density at radius 1 is 1.28 bits per heavy atom. The molecule has 1 aliphatic heterocycles. The lowest BCUT2D eigenvalue weighted by molar-refractivity contribution is -0.127. The van der Waals surface area contributed by atoms with Crippen molar-refractivity contribution in [2.45, 2.75) is 12.8 Å². The Balaban J connectivity index is 0.00000312. The maximum absolute atomic E-state index is 11.7. The summed E-state index contributed by atoms with van der Waals surface area (Å²) in [6.07, 6.45) is 1.98. The van der Waals surface area contributed by atoms with Crippen molar-refractivity contribution in [2.24, 2.45) is 10.9 Å². The fraction of sp³-hybridized carbons (Fsp3) is 0.556. The topological polar surface area (TPSA) is 66.0 Å². The molecule has 6 nitrogen and oxygen atoms in total. The van der Waals surface area contributed by atoms with Crippen LogP contribution in [0.4, 0.5) is 0 Å². The third kappa shape index (κ3) is 8.53. The van der Waals surface area contributed by atoms with Crippen LogP contribution in [-0.4, -0.2) is 63.7 Å². The first-order valence-electron chi connectivity index (χ1n) is 8.49. The summed E-state index contributed by atoms with van der Waals surface area (Å²) in [6.45, 7) is 3.36. The van der Waals surface area contributed by atoms with E-state index in [-0.39, 0.29) is 36.4 Å². The molecule has 1 heterocycles. The molecule has 140 valence electrons. The second-order valence-electron chi connectivity index (χ2n) is 6.23. The zero-order valence-electron chi connectivity index (χ0n) is 15.0. The van der Waals surface area contributed by atoms with Gasteiger partial charge in [-0.05, 0) is 18.4 Å². The van der Waals surface area contributed by atoms with E-state index in [1.807, 2.05) is 18.2 Å². The van der Waals surface area contributed by atoms with Crippen LogP contribution in [0.15, 0.2) is 35.3 Å². The number of nitrogens with zero attached hydrogens (tertiary/aromatic N) is 2. The van der Waals surface area contributed by atoms with Crippen molar-refractivity contribution in [3.05, 3.63) is 35.9 Å². The van der Waals surface area contributed by atoms with Crippen molar-refractivity contribution >= 4 is 35.8 Å². The molecule has 7 heteroatoms. The fourth-order valence-electron chi connectivity index (χ4n) is 2.42. The number of halogens is 1. The van der Waals surface area contributed by atoms with Gasteiger partial charge in [0.15, 0.2) is 5.96 Å². The summed E-state index contributed by atoms with van der Waals surface area (Å²) in [6, 6.07) is 10.3. The van der Waals surface area contributed by atoms with E-state index in [1.165, 1.54) is 5.56 Å². The lowest BCUT2D eigenvalue weighted by Crippen LogP contribution is -2.41. The predicted octanol–water partition coefficient (Wildman–Crippen LogP) is 1.51. The van der Waals surface area contributed by atoms with Gasteiger partial charge in [-0.1, -0.05) is 30.3 Å². The van der Waals surface area contributed by atoms with Crippen molar-refractivity contribution in [3.63, 3.8) is 0 Å². The van der Waals surface area contributed by atoms with Crippen LogP contribution in [0.1, 0.15) is 12.0 Å². The van der Waals surface area contributed by atoms with Crippen LogP contribution >= 0.6 is 24.0 Å². The van der Waals surface area contributed by atoms with Crippen LogP contribution in [0.5, 0.6) is 0 Å². The van der Waals surface area contributed by atoms with E-state index in [4.69, 9.17) is 4.74 Å². The zero-order valence-corrected chi connectivity index (χ0v) is 17.4. The first-order valence-corrected chi connectivity index (χ1v) is 8.49. The van der Waals surface area contributed by atoms with Crippen molar-refractivity contribution in [3.8, 4) is 0 Å². The monoisotopic (exact) mass is 460 g/mol. The summed E-state index contributed by atoms with van der Waals surface area (Å²) in [7, 11) is 3.48. The van der Waals surface area contributed by atoms with Gasteiger partial charge in [-0.15, -0.1) is 24.0 Å². The number of hydrogen-bond donors (Lipinski definition) is 2. The largest absolute Gasteiger partial charge is 0.381 e. The Bertz CT molecular complexity index is 531. The number of nitrogens with one attached hydrogen (secondary N) is 2. The SMILES string of the molecule is CN(C)C(=O)CN=C(NCCc1ccccc1)NCC1CCOC1.I. The van der Waals surface area contributed by atoms with Gasteiger partial charge in [0.05, 0.1) is 6.61 Å². The Hall–Kier alpha value is -1.35. The Labute approximate surface area is 167 Å².